The molecule has 0 unspecified atom stereocenters. The van der Waals surface area contributed by atoms with Gasteiger partial charge in [-0.25, -0.2) is 0 Å². The Hall–Kier alpha value is -1.82. The highest BCUT2D eigenvalue weighted by Crippen LogP contribution is 2.22. The number of aryl methyl sites for hydroxylation is 1. The molecular weight excluding hydrogens is 244 g/mol. The number of Topliss-reactive ketones (excluding diaryl/α,β-unsaturated/α-hetero) is 1. The first-order valence-electron chi connectivity index (χ1n) is 4.79. The van der Waals surface area contributed by atoms with E-state index in [-0.39, 0.29) is 22.8 Å². The van der Waals surface area contributed by atoms with Crippen LogP contribution in [-0.2, 0) is 21.3 Å². The minimum absolute atomic E-state index is 0.0758. The van der Waals surface area contributed by atoms with Crippen LogP contribution >= 0.6 is 0 Å². The van der Waals surface area contributed by atoms with E-state index >= 15 is 0 Å². The van der Waals surface area contributed by atoms with E-state index in [2.05, 4.69) is 4.79 Å². The van der Waals surface area contributed by atoms with E-state index in [0.717, 1.165) is 6.07 Å². The van der Waals surface area contributed by atoms with Gasteiger partial charge in [0.2, 0.25) is 5.78 Å². The molecular formula is C10H8N2O4S. The van der Waals surface area contributed by atoms with E-state index in [1.165, 1.54) is 12.1 Å². The van der Waals surface area contributed by atoms with Gasteiger partial charge in [0, 0.05) is 6.42 Å². The van der Waals surface area contributed by atoms with E-state index < -0.39 is 10.1 Å². The molecule has 2 rings (SSSR count). The first-order valence-corrected chi connectivity index (χ1v) is 6.23. The minimum atomic E-state index is -4.26. The molecule has 0 radical (unpaired) electrons. The van der Waals surface area contributed by atoms with E-state index in [9.17, 15) is 13.2 Å². The fraction of sp³-hybridized carbons (Fsp3) is 0.200. The normalized spacial score (nSPS) is 15.4. The molecule has 1 N–H and O–H groups in total. The highest BCUT2D eigenvalue weighted by Gasteiger charge is 2.30. The Kier molecular flexibility index (Phi) is 2.66. The van der Waals surface area contributed by atoms with Gasteiger partial charge in [-0.1, -0.05) is 0 Å². The summed E-state index contributed by atoms with van der Waals surface area (Å²) in [4.78, 5) is 14.1. The van der Waals surface area contributed by atoms with Crippen LogP contribution in [0.5, 0.6) is 0 Å². The molecule has 17 heavy (non-hydrogen) atoms. The number of ketones is 1. The molecule has 1 aliphatic carbocycles. The highest BCUT2D eigenvalue weighted by atomic mass is 32.2. The first-order chi connectivity index (χ1) is 7.93. The summed E-state index contributed by atoms with van der Waals surface area (Å²) >= 11 is 0. The quantitative estimate of drug-likeness (QED) is 0.445. The van der Waals surface area contributed by atoms with Crippen LogP contribution in [0.25, 0.3) is 5.53 Å². The molecule has 6 nitrogen and oxygen atoms in total. The summed E-state index contributed by atoms with van der Waals surface area (Å²) < 4.78 is 30.8. The molecule has 1 aromatic rings. The first kappa shape index (κ1) is 11.7. The Morgan fingerprint density at radius 2 is 2.00 bits per heavy atom. The fourth-order valence-electron chi connectivity index (χ4n) is 1.79. The number of carbonyl (C=O) groups excluding carboxylic acids is 1. The van der Waals surface area contributed by atoms with Gasteiger partial charge in [0.1, 0.15) is 0 Å². The molecule has 0 spiro atoms. The van der Waals surface area contributed by atoms with Crippen molar-refractivity contribution in [2.75, 3.05) is 0 Å². The van der Waals surface area contributed by atoms with Crippen molar-refractivity contribution in [2.24, 2.45) is 0 Å². The van der Waals surface area contributed by atoms with Gasteiger partial charge in [0.25, 0.3) is 10.1 Å². The number of nitrogens with zero attached hydrogens (tertiary/aromatic N) is 2. The number of carbonyl (C=O) groups is 1. The number of fused-ring (bicyclic) bond motifs is 1. The van der Waals surface area contributed by atoms with Crippen LogP contribution in [0.1, 0.15) is 17.5 Å². The molecule has 0 saturated heterocycles. The predicted molar refractivity (Wildman–Crippen MR) is 57.3 cm³/mol. The van der Waals surface area contributed by atoms with Crippen molar-refractivity contribution in [1.82, 2.24) is 0 Å². The lowest BCUT2D eigenvalue weighted by Gasteiger charge is -2.11. The summed E-state index contributed by atoms with van der Waals surface area (Å²) in [5, 5.41) is 0. The summed E-state index contributed by atoms with van der Waals surface area (Å²) in [5.74, 6) is -0.292. The molecule has 7 heteroatoms. The van der Waals surface area contributed by atoms with Gasteiger partial charge in [-0.15, -0.1) is 0 Å². The van der Waals surface area contributed by atoms with Gasteiger partial charge in [-0.2, -0.15) is 13.2 Å². The van der Waals surface area contributed by atoms with Gasteiger partial charge in [0.15, 0.2) is 0 Å². The van der Waals surface area contributed by atoms with Gasteiger partial charge in [-0.05, 0) is 30.2 Å². The van der Waals surface area contributed by atoms with E-state index in [0.29, 0.717) is 17.5 Å². The molecule has 88 valence electrons. The molecule has 0 aromatic heterocycles. The minimum Gasteiger partial charge on any atom is -0.361 e. The predicted octanol–water partition coefficient (Wildman–Crippen LogP) is 0.468. The molecule has 0 amide bonds. The lowest BCUT2D eigenvalue weighted by molar-refractivity contribution is -0.117. The SMILES string of the molecule is [N-]=[N+]=C1C(=O)CCc2cc(S(=O)(=O)O)ccc21. The monoisotopic (exact) mass is 252 g/mol. The van der Waals surface area contributed by atoms with Crippen LogP contribution in [0, 0.1) is 0 Å². The van der Waals surface area contributed by atoms with Gasteiger partial charge >= 0.3 is 5.71 Å². The number of rotatable bonds is 1. The van der Waals surface area contributed by atoms with Gasteiger partial charge < -0.3 is 5.53 Å². The lowest BCUT2D eigenvalue weighted by Crippen LogP contribution is -2.24. The largest absolute Gasteiger partial charge is 0.365 e. The molecule has 1 aliphatic rings. The van der Waals surface area contributed by atoms with Crippen LogP contribution in [0.3, 0.4) is 0 Å². The third kappa shape index (κ3) is 2.03. The Balaban J connectivity index is 2.64. The second-order valence-electron chi connectivity index (χ2n) is 3.67. The zero-order chi connectivity index (χ0) is 12.6. The van der Waals surface area contributed by atoms with E-state index in [1.807, 2.05) is 0 Å². The number of benzene rings is 1. The summed E-state index contributed by atoms with van der Waals surface area (Å²) in [5.41, 5.74) is 9.62. The Labute approximate surface area is 97.3 Å². The molecule has 0 heterocycles. The van der Waals surface area contributed by atoms with Crippen LogP contribution in [0.15, 0.2) is 23.1 Å². The highest BCUT2D eigenvalue weighted by molar-refractivity contribution is 7.85. The fourth-order valence-corrected chi connectivity index (χ4v) is 2.33. The van der Waals surface area contributed by atoms with Crippen molar-refractivity contribution in [2.45, 2.75) is 17.7 Å². The van der Waals surface area contributed by atoms with Crippen molar-refractivity contribution >= 4 is 21.6 Å². The topological polar surface area (TPSA) is 108 Å². The van der Waals surface area contributed by atoms with Gasteiger partial charge in [0.05, 0.1) is 10.5 Å². The number of hydrogen-bond donors (Lipinski definition) is 1. The maximum atomic E-state index is 11.4. The van der Waals surface area contributed by atoms with Crippen LogP contribution in [0.4, 0.5) is 0 Å². The average molecular weight is 252 g/mol. The van der Waals surface area contributed by atoms with E-state index in [4.69, 9.17) is 10.1 Å². The molecule has 0 atom stereocenters. The maximum absolute atomic E-state index is 11.4. The zero-order valence-electron chi connectivity index (χ0n) is 8.62. The number of hydrogen-bond acceptors (Lipinski definition) is 3. The maximum Gasteiger partial charge on any atom is 0.365 e. The average Bonchev–Trinajstić information content (AvgIpc) is 2.27. The van der Waals surface area contributed by atoms with Crippen LogP contribution < -0.4 is 0 Å². The molecule has 0 aliphatic heterocycles. The summed E-state index contributed by atoms with van der Waals surface area (Å²) in [6.45, 7) is 0. The van der Waals surface area contributed by atoms with Crippen molar-refractivity contribution < 1.29 is 22.6 Å². The Morgan fingerprint density at radius 3 is 2.59 bits per heavy atom. The summed E-state index contributed by atoms with van der Waals surface area (Å²) in [6.07, 6.45) is 0.512. The van der Waals surface area contributed by atoms with Crippen molar-refractivity contribution in [3.05, 3.63) is 34.9 Å². The standard InChI is InChI=1S/C10H8N2O4S/c11-12-10-8-3-2-7(17(14,15)16)5-6(8)1-4-9(10)13/h2-3,5H,1,4H2,(H,14,15,16). The Bertz CT molecular complexity index is 657. The van der Waals surface area contributed by atoms with Crippen molar-refractivity contribution in [3.8, 4) is 0 Å². The molecule has 0 saturated carbocycles. The van der Waals surface area contributed by atoms with Crippen LogP contribution in [0.2, 0.25) is 0 Å². The smallest absolute Gasteiger partial charge is 0.361 e. The molecule has 0 bridgehead atoms. The Morgan fingerprint density at radius 1 is 1.29 bits per heavy atom. The second kappa shape index (κ2) is 3.89. The van der Waals surface area contributed by atoms with Crippen molar-refractivity contribution in [1.29, 1.82) is 0 Å². The van der Waals surface area contributed by atoms with E-state index in [1.54, 1.807) is 0 Å². The molecule has 1 aromatic carbocycles. The molecule has 0 fully saturated rings. The zero-order valence-corrected chi connectivity index (χ0v) is 9.44. The summed E-state index contributed by atoms with van der Waals surface area (Å²) in [7, 11) is -4.26. The van der Waals surface area contributed by atoms with Gasteiger partial charge in [-0.3, -0.25) is 9.35 Å². The third-order valence-electron chi connectivity index (χ3n) is 2.62. The van der Waals surface area contributed by atoms with Crippen LogP contribution in [-0.4, -0.2) is 29.3 Å². The lowest BCUT2D eigenvalue weighted by atomic mass is 9.89. The third-order valence-corrected chi connectivity index (χ3v) is 3.46. The second-order valence-corrected chi connectivity index (χ2v) is 5.09. The van der Waals surface area contributed by atoms with Crippen molar-refractivity contribution in [3.63, 3.8) is 0 Å². The summed E-state index contributed by atoms with van der Waals surface area (Å²) in [6, 6.07) is 3.80.